The van der Waals surface area contributed by atoms with Crippen molar-refractivity contribution in [2.45, 2.75) is 38.4 Å². The quantitative estimate of drug-likeness (QED) is 0.227. The molecule has 3 N–H and O–H groups in total. The number of carboxylic acid groups (broad SMARTS) is 1. The zero-order valence-electron chi connectivity index (χ0n) is 22.3. The van der Waals surface area contributed by atoms with Crippen LogP contribution in [0, 0.1) is 0 Å². The third-order valence-corrected chi connectivity index (χ3v) is 7.49. The van der Waals surface area contributed by atoms with E-state index in [1.165, 1.54) is 11.1 Å². The number of carbonyl (C=O) groups is 1. The molecule has 1 heterocycles. The Kier molecular flexibility index (Phi) is 6.86. The molecule has 0 spiro atoms. The van der Waals surface area contributed by atoms with Gasteiger partial charge in [-0.1, -0.05) is 48.5 Å². The minimum Gasteiger partial charge on any atom is -0.489 e. The van der Waals surface area contributed by atoms with Crippen LogP contribution < -0.4 is 15.2 Å². The molecule has 1 atom stereocenters. The Labute approximate surface area is 232 Å². The van der Waals surface area contributed by atoms with Crippen LogP contribution in [0.15, 0.2) is 85.1 Å². The van der Waals surface area contributed by atoms with Crippen LogP contribution in [0.4, 0.5) is 5.69 Å². The summed E-state index contributed by atoms with van der Waals surface area (Å²) in [4.78, 5) is 11.2. The summed E-state index contributed by atoms with van der Waals surface area (Å²) in [5.74, 6) is 0.657. The molecule has 1 aromatic heterocycles. The Hall–Kier alpha value is -4.78. The second kappa shape index (κ2) is 10.8. The topological polar surface area (TPSA) is 99.6 Å². The molecule has 4 aromatic carbocycles. The van der Waals surface area contributed by atoms with Gasteiger partial charge < -0.3 is 20.3 Å². The van der Waals surface area contributed by atoms with Crippen molar-refractivity contribution in [2.24, 2.45) is 7.05 Å². The second-order valence-electron chi connectivity index (χ2n) is 10.3. The van der Waals surface area contributed by atoms with E-state index in [0.29, 0.717) is 30.9 Å². The molecule has 0 saturated heterocycles. The number of nitrogens with two attached hydrogens (primary N) is 1. The predicted octanol–water partition coefficient (Wildman–Crippen LogP) is 5.96. The molecular formula is C33H31N3O4. The Morgan fingerprint density at radius 1 is 1.02 bits per heavy atom. The highest BCUT2D eigenvalue weighted by Crippen LogP contribution is 2.41. The van der Waals surface area contributed by atoms with Gasteiger partial charge in [-0.3, -0.25) is 9.48 Å². The minimum atomic E-state index is -0.841. The van der Waals surface area contributed by atoms with E-state index in [0.717, 1.165) is 45.3 Å². The number of aryl methyl sites for hydroxylation is 2. The standard InChI is InChI=1S/C33H31N3O4/c1-36-30-12-11-24(16-25(30)19-35-36)28-14-22(10-13-32(37)38)15-29(34)33(28)40-26-17-23-8-5-9-31(27(23)18-26)39-20-21-6-3-2-4-7-21/h2-9,11-12,14-16,19,26H,10,13,17-18,20,34H2,1H3,(H,37,38). The van der Waals surface area contributed by atoms with Crippen molar-refractivity contribution in [3.63, 3.8) is 0 Å². The lowest BCUT2D eigenvalue weighted by atomic mass is 9.97. The van der Waals surface area contributed by atoms with E-state index in [1.807, 2.05) is 72.5 Å². The largest absolute Gasteiger partial charge is 0.489 e. The summed E-state index contributed by atoms with van der Waals surface area (Å²) in [6, 6.07) is 26.3. The highest BCUT2D eigenvalue weighted by atomic mass is 16.5. The lowest BCUT2D eigenvalue weighted by Crippen LogP contribution is -2.18. The molecule has 40 heavy (non-hydrogen) atoms. The zero-order valence-corrected chi connectivity index (χ0v) is 22.3. The fourth-order valence-corrected chi connectivity index (χ4v) is 5.49. The van der Waals surface area contributed by atoms with Gasteiger partial charge in [-0.05, 0) is 59.0 Å². The minimum absolute atomic E-state index is 0.0322. The van der Waals surface area contributed by atoms with Gasteiger partial charge in [0.1, 0.15) is 24.2 Å². The van der Waals surface area contributed by atoms with E-state index in [-0.39, 0.29) is 12.5 Å². The first-order chi connectivity index (χ1) is 19.4. The molecule has 0 fully saturated rings. The van der Waals surface area contributed by atoms with Crippen molar-refractivity contribution in [3.8, 4) is 22.6 Å². The fraction of sp³-hybridized carbons (Fsp3) is 0.212. The number of benzene rings is 4. The molecule has 7 heteroatoms. The van der Waals surface area contributed by atoms with Crippen LogP contribution in [0.3, 0.4) is 0 Å². The highest BCUT2D eigenvalue weighted by molar-refractivity contribution is 5.87. The van der Waals surface area contributed by atoms with E-state index in [2.05, 4.69) is 29.4 Å². The predicted molar refractivity (Wildman–Crippen MR) is 156 cm³/mol. The van der Waals surface area contributed by atoms with Crippen LogP contribution in [0.25, 0.3) is 22.0 Å². The molecule has 0 aliphatic heterocycles. The Morgan fingerprint density at radius 3 is 2.70 bits per heavy atom. The van der Waals surface area contributed by atoms with E-state index in [4.69, 9.17) is 15.2 Å². The number of aromatic nitrogens is 2. The van der Waals surface area contributed by atoms with Gasteiger partial charge in [0.15, 0.2) is 0 Å². The molecule has 0 amide bonds. The van der Waals surface area contributed by atoms with Gasteiger partial charge in [0, 0.05) is 42.8 Å². The summed E-state index contributed by atoms with van der Waals surface area (Å²) in [5, 5.41) is 14.6. The Balaban J connectivity index is 1.29. The first-order valence-corrected chi connectivity index (χ1v) is 13.4. The lowest BCUT2D eigenvalue weighted by Gasteiger charge is -2.20. The van der Waals surface area contributed by atoms with Crippen molar-refractivity contribution in [1.82, 2.24) is 9.78 Å². The van der Waals surface area contributed by atoms with E-state index in [1.54, 1.807) is 0 Å². The Morgan fingerprint density at radius 2 is 1.88 bits per heavy atom. The van der Waals surface area contributed by atoms with Crippen molar-refractivity contribution < 1.29 is 19.4 Å². The maximum atomic E-state index is 11.2. The maximum Gasteiger partial charge on any atom is 0.303 e. The van der Waals surface area contributed by atoms with Gasteiger partial charge >= 0.3 is 5.97 Å². The first kappa shape index (κ1) is 25.5. The van der Waals surface area contributed by atoms with Gasteiger partial charge in [-0.15, -0.1) is 0 Å². The van der Waals surface area contributed by atoms with E-state index in [9.17, 15) is 9.90 Å². The van der Waals surface area contributed by atoms with Gasteiger partial charge in [0.05, 0.1) is 17.4 Å². The molecule has 6 rings (SSSR count). The van der Waals surface area contributed by atoms with Crippen molar-refractivity contribution in [1.29, 1.82) is 0 Å². The summed E-state index contributed by atoms with van der Waals surface area (Å²) in [6.45, 7) is 0.508. The number of hydrogen-bond donors (Lipinski definition) is 2. The number of aliphatic carboxylic acids is 1. The number of ether oxygens (including phenoxy) is 2. The molecule has 202 valence electrons. The van der Waals surface area contributed by atoms with Gasteiger partial charge in [-0.25, -0.2) is 0 Å². The maximum absolute atomic E-state index is 11.2. The van der Waals surface area contributed by atoms with Gasteiger partial charge in [-0.2, -0.15) is 5.10 Å². The average molecular weight is 534 g/mol. The normalized spacial score (nSPS) is 14.3. The molecule has 0 bridgehead atoms. The van der Waals surface area contributed by atoms with Crippen LogP contribution in [0.1, 0.15) is 28.7 Å². The molecule has 7 nitrogen and oxygen atoms in total. The smallest absolute Gasteiger partial charge is 0.303 e. The molecule has 0 radical (unpaired) electrons. The molecule has 1 aliphatic rings. The summed E-state index contributed by atoms with van der Waals surface area (Å²) in [5.41, 5.74) is 14.3. The summed E-state index contributed by atoms with van der Waals surface area (Å²) < 4.78 is 14.7. The Bertz CT molecular complexity index is 1690. The first-order valence-electron chi connectivity index (χ1n) is 13.4. The van der Waals surface area contributed by atoms with Crippen LogP contribution in [-0.4, -0.2) is 27.0 Å². The zero-order chi connectivity index (χ0) is 27.6. The number of nitrogen functional groups attached to an aromatic ring is 1. The van der Waals surface area contributed by atoms with E-state index < -0.39 is 5.97 Å². The van der Waals surface area contributed by atoms with Crippen LogP contribution in [0.5, 0.6) is 11.5 Å². The van der Waals surface area contributed by atoms with Gasteiger partial charge in [0.25, 0.3) is 0 Å². The van der Waals surface area contributed by atoms with Gasteiger partial charge in [0.2, 0.25) is 0 Å². The molecule has 5 aromatic rings. The summed E-state index contributed by atoms with van der Waals surface area (Å²) in [7, 11) is 1.91. The van der Waals surface area contributed by atoms with Crippen molar-refractivity contribution in [3.05, 3.63) is 107 Å². The lowest BCUT2D eigenvalue weighted by molar-refractivity contribution is -0.136. The average Bonchev–Trinajstić information content (AvgIpc) is 3.55. The third-order valence-electron chi connectivity index (χ3n) is 7.49. The van der Waals surface area contributed by atoms with Crippen molar-refractivity contribution >= 4 is 22.6 Å². The van der Waals surface area contributed by atoms with Crippen LogP contribution >= 0.6 is 0 Å². The van der Waals surface area contributed by atoms with Crippen molar-refractivity contribution in [2.75, 3.05) is 5.73 Å². The fourth-order valence-electron chi connectivity index (χ4n) is 5.49. The molecule has 0 saturated carbocycles. The second-order valence-corrected chi connectivity index (χ2v) is 10.3. The monoisotopic (exact) mass is 533 g/mol. The number of anilines is 1. The number of carboxylic acids is 1. The number of rotatable bonds is 9. The number of hydrogen-bond acceptors (Lipinski definition) is 5. The van der Waals surface area contributed by atoms with E-state index >= 15 is 0 Å². The third kappa shape index (κ3) is 5.23. The molecule has 1 aliphatic carbocycles. The number of nitrogens with zero attached hydrogens (tertiary/aromatic N) is 2. The molecule has 1 unspecified atom stereocenters. The van der Waals surface area contributed by atoms with Crippen LogP contribution in [0.2, 0.25) is 0 Å². The SMILES string of the molecule is Cn1ncc2cc(-c3cc(CCC(=O)O)cc(N)c3OC3Cc4cccc(OCc5ccccc5)c4C3)ccc21. The number of fused-ring (bicyclic) bond motifs is 2. The highest BCUT2D eigenvalue weighted by Gasteiger charge is 2.28. The summed E-state index contributed by atoms with van der Waals surface area (Å²) >= 11 is 0. The summed E-state index contributed by atoms with van der Waals surface area (Å²) in [6.07, 6.45) is 3.61. The molecular weight excluding hydrogens is 502 g/mol. The van der Waals surface area contributed by atoms with Crippen LogP contribution in [-0.2, 0) is 37.7 Å².